The Morgan fingerprint density at radius 3 is 1.29 bits per heavy atom. The Morgan fingerprint density at radius 1 is 0.183 bits per heavy atom. The van der Waals surface area contributed by atoms with Crippen molar-refractivity contribution in [1.82, 2.24) is 18.3 Å². The molecule has 0 unspecified atom stereocenters. The number of para-hydroxylation sites is 6. The number of hydrogen-bond acceptors (Lipinski definition) is 2. The third-order valence-electron chi connectivity index (χ3n) is 26.4. The number of furan rings is 1. The minimum Gasteiger partial charge on any atom is -0.454 e. The average molecular weight is 1620 g/mol. The van der Waals surface area contributed by atoms with Crippen LogP contribution in [0.1, 0.15) is 0 Å². The van der Waals surface area contributed by atoms with Crippen LogP contribution in [-0.2, 0) is 0 Å². The standard InChI is InChI=1S/C120H74N4OS/c1-4-28-75(29-5-1)80-36-25-38-86(69-80)121-105-50-18-12-42-92(105)96-61-57-84(73-112(96)121)83-59-65-109-104(72-83)95-45-15-21-53-108(95)123(109)110-66-63-98(116-101-46-16-22-54-114(101)125-119(110)116)91-60-56-82(71-103(91)77-32-8-3-9-33-77)79-35-24-34-78(68-79)81-37-26-39-87(70-81)122-106-51-19-14-44-94(106)100-49-27-48-89(118(100)122)85-58-62-97-93-43-13-20-52-107(93)124(113(97)74-85)111-67-64-99(117-102-47-17-23-55-115(102)126-120(111)117)90-41-11-10-40-88(90)76-30-6-2-7-31-76/h1-74H. The molecule has 0 saturated heterocycles. The van der Waals surface area contributed by atoms with Crippen LogP contribution in [0.25, 0.3) is 252 Å². The van der Waals surface area contributed by atoms with Gasteiger partial charge in [-0.15, -0.1) is 11.3 Å². The van der Waals surface area contributed by atoms with Gasteiger partial charge >= 0.3 is 0 Å². The zero-order valence-corrected chi connectivity index (χ0v) is 69.1. The maximum Gasteiger partial charge on any atom is 0.160 e. The Hall–Kier alpha value is -16.4. The molecule has 26 rings (SSSR count). The Bertz CT molecular complexity index is 8980. The van der Waals surface area contributed by atoms with Gasteiger partial charge in [0.1, 0.15) is 5.58 Å². The largest absolute Gasteiger partial charge is 0.454 e. The number of benzene rings is 20. The van der Waals surface area contributed by atoms with Gasteiger partial charge in [0.15, 0.2) is 5.58 Å². The molecule has 0 aliphatic rings. The van der Waals surface area contributed by atoms with Crippen LogP contribution in [0, 0.1) is 0 Å². The minimum atomic E-state index is 0.834. The van der Waals surface area contributed by atoms with E-state index < -0.39 is 0 Å². The highest BCUT2D eigenvalue weighted by Crippen LogP contribution is 2.51. The highest BCUT2D eigenvalue weighted by Gasteiger charge is 2.27. The topological polar surface area (TPSA) is 32.9 Å². The number of rotatable bonds is 13. The first-order valence-electron chi connectivity index (χ1n) is 43.3. The van der Waals surface area contributed by atoms with Gasteiger partial charge in [-0.25, -0.2) is 0 Å². The predicted molar refractivity (Wildman–Crippen MR) is 533 cm³/mol. The molecule has 0 bridgehead atoms. The molecule has 126 heavy (non-hydrogen) atoms. The molecule has 0 N–H and O–H groups in total. The average Bonchev–Trinajstić information content (AvgIpc) is 1.56. The van der Waals surface area contributed by atoms with Gasteiger partial charge in [0, 0.05) is 86.3 Å². The number of hydrogen-bond donors (Lipinski definition) is 0. The molecule has 5 nitrogen and oxygen atoms in total. The van der Waals surface area contributed by atoms with E-state index in [9.17, 15) is 0 Å². The first-order chi connectivity index (χ1) is 62.5. The van der Waals surface area contributed by atoms with Crippen LogP contribution in [0.2, 0.25) is 0 Å². The van der Waals surface area contributed by atoms with Crippen molar-refractivity contribution in [2.24, 2.45) is 0 Å². The first-order valence-corrected chi connectivity index (χ1v) is 44.1. The minimum absolute atomic E-state index is 0.834. The summed E-state index contributed by atoms with van der Waals surface area (Å²) in [6, 6.07) is 166. The maximum absolute atomic E-state index is 7.26. The smallest absolute Gasteiger partial charge is 0.160 e. The third-order valence-corrected chi connectivity index (χ3v) is 27.6. The summed E-state index contributed by atoms with van der Waals surface area (Å²) in [6.45, 7) is 0. The summed E-state index contributed by atoms with van der Waals surface area (Å²) in [6.07, 6.45) is 0. The molecule has 0 amide bonds. The van der Waals surface area contributed by atoms with Crippen LogP contribution in [0.4, 0.5) is 0 Å². The van der Waals surface area contributed by atoms with Gasteiger partial charge in [-0.1, -0.05) is 340 Å². The van der Waals surface area contributed by atoms with Crippen LogP contribution in [0.3, 0.4) is 0 Å². The Balaban J connectivity index is 0.571. The second-order valence-corrected chi connectivity index (χ2v) is 34.3. The molecule has 0 atom stereocenters. The molecular formula is C120H74N4OS. The predicted octanol–water partition coefficient (Wildman–Crippen LogP) is 33.3. The van der Waals surface area contributed by atoms with E-state index >= 15 is 0 Å². The van der Waals surface area contributed by atoms with E-state index in [1.165, 1.54) is 119 Å². The molecule has 20 aromatic carbocycles. The Labute approximate surface area is 729 Å². The molecule has 0 spiro atoms. The summed E-state index contributed by atoms with van der Waals surface area (Å²) >= 11 is 1.89. The zero-order chi connectivity index (χ0) is 82.6. The second-order valence-electron chi connectivity index (χ2n) is 33.3. The Morgan fingerprint density at radius 2 is 0.587 bits per heavy atom. The van der Waals surface area contributed by atoms with E-state index in [0.29, 0.717) is 0 Å². The van der Waals surface area contributed by atoms with E-state index in [4.69, 9.17) is 4.42 Å². The molecule has 0 saturated carbocycles. The third kappa shape index (κ3) is 11.2. The molecular weight excluding hydrogens is 1550 g/mol. The summed E-state index contributed by atoms with van der Waals surface area (Å²) in [5.41, 5.74) is 36.1. The van der Waals surface area contributed by atoms with Crippen LogP contribution >= 0.6 is 11.3 Å². The SMILES string of the molecule is c1ccc(-c2cccc(-n3c4ccccc4c4ccc(-c5ccc6c(c5)c5ccccc5n6-c5ccc(-c6ccc(-c7cccc(-c8cccc(-n9c%10ccccc%10c%10cccc(-c%11ccc%12c%13ccccc%13n(-c%13ccc(-c%14ccccc%14-c%14ccccc%14)c%14c%13sc%13ccccc%13%14)c%12c%11)c%109)c8)c7)cc6-c6ccccc6)c6c5oc5ccccc56)cc43)c2)cc1. The van der Waals surface area contributed by atoms with Gasteiger partial charge in [0.25, 0.3) is 0 Å². The summed E-state index contributed by atoms with van der Waals surface area (Å²) in [4.78, 5) is 0. The molecule has 6 aromatic heterocycles. The van der Waals surface area contributed by atoms with Crippen molar-refractivity contribution in [2.75, 3.05) is 0 Å². The van der Waals surface area contributed by atoms with Crippen molar-refractivity contribution < 1.29 is 4.42 Å². The van der Waals surface area contributed by atoms with Gasteiger partial charge in [-0.2, -0.15) is 0 Å². The van der Waals surface area contributed by atoms with Crippen LogP contribution in [0.15, 0.2) is 453 Å². The van der Waals surface area contributed by atoms with Crippen molar-refractivity contribution in [2.45, 2.75) is 0 Å². The van der Waals surface area contributed by atoms with Gasteiger partial charge in [0.05, 0.1) is 60.2 Å². The summed E-state index contributed by atoms with van der Waals surface area (Å²) in [7, 11) is 0. The van der Waals surface area contributed by atoms with Gasteiger partial charge < -0.3 is 22.7 Å². The number of thiophene rings is 1. The van der Waals surface area contributed by atoms with E-state index in [1.54, 1.807) is 0 Å². The van der Waals surface area contributed by atoms with Crippen molar-refractivity contribution in [1.29, 1.82) is 0 Å². The fourth-order valence-corrected chi connectivity index (χ4v) is 22.0. The molecule has 0 aliphatic heterocycles. The van der Waals surface area contributed by atoms with E-state index in [2.05, 4.69) is 467 Å². The van der Waals surface area contributed by atoms with Gasteiger partial charge in [0.2, 0.25) is 0 Å². The normalized spacial score (nSPS) is 12.0. The van der Waals surface area contributed by atoms with Crippen LogP contribution < -0.4 is 0 Å². The molecule has 586 valence electrons. The van der Waals surface area contributed by atoms with Gasteiger partial charge in [-0.3, -0.25) is 0 Å². The van der Waals surface area contributed by atoms with Crippen molar-refractivity contribution >= 4 is 141 Å². The first kappa shape index (κ1) is 71.4. The lowest BCUT2D eigenvalue weighted by Crippen LogP contribution is -1.97. The molecule has 26 aromatic rings. The second kappa shape index (κ2) is 28.6. The monoisotopic (exact) mass is 1620 g/mol. The summed E-state index contributed by atoms with van der Waals surface area (Å²) < 4.78 is 19.7. The van der Waals surface area contributed by atoms with Crippen molar-refractivity contribution in [3.63, 3.8) is 0 Å². The number of aromatic nitrogens is 4. The lowest BCUT2D eigenvalue weighted by atomic mass is 9.88. The Kier molecular flexibility index (Phi) is 16.2. The summed E-state index contributed by atoms with van der Waals surface area (Å²) in [5, 5.41) is 14.3. The summed E-state index contributed by atoms with van der Waals surface area (Å²) in [5.74, 6) is 0. The van der Waals surface area contributed by atoms with Crippen molar-refractivity contribution in [3.8, 4) is 123 Å². The fourth-order valence-electron chi connectivity index (χ4n) is 20.7. The fraction of sp³-hybridized carbons (Fsp3) is 0. The van der Waals surface area contributed by atoms with E-state index in [0.717, 1.165) is 133 Å². The highest BCUT2D eigenvalue weighted by molar-refractivity contribution is 7.26. The van der Waals surface area contributed by atoms with Crippen molar-refractivity contribution in [3.05, 3.63) is 449 Å². The number of fused-ring (bicyclic) bond motifs is 18. The van der Waals surface area contributed by atoms with E-state index in [-0.39, 0.29) is 0 Å². The lowest BCUT2D eigenvalue weighted by molar-refractivity contribution is 0.666. The van der Waals surface area contributed by atoms with Gasteiger partial charge in [-0.05, 0) is 204 Å². The molecule has 0 radical (unpaired) electrons. The molecule has 0 fully saturated rings. The molecule has 0 aliphatic carbocycles. The zero-order valence-electron chi connectivity index (χ0n) is 68.3. The van der Waals surface area contributed by atoms with E-state index in [1.807, 2.05) is 11.3 Å². The quantitative estimate of drug-likeness (QED) is 0.113. The van der Waals surface area contributed by atoms with Crippen LogP contribution in [0.5, 0.6) is 0 Å². The lowest BCUT2D eigenvalue weighted by Gasteiger charge is -2.17. The highest BCUT2D eigenvalue weighted by atomic mass is 32.1. The molecule has 6 heterocycles. The van der Waals surface area contributed by atoms with Crippen LogP contribution in [-0.4, -0.2) is 18.3 Å². The maximum atomic E-state index is 7.26. The molecule has 6 heteroatoms. The number of nitrogens with zero attached hydrogens (tertiary/aromatic N) is 4.